The average Bonchev–Trinajstić information content (AvgIpc) is 2.54. The molecule has 1 nitrogen and oxygen atoms in total. The van der Waals surface area contributed by atoms with Crippen molar-refractivity contribution in [1.29, 1.82) is 0 Å². The summed E-state index contributed by atoms with van der Waals surface area (Å²) in [6.07, 6.45) is 8.55. The molecule has 0 saturated carbocycles. The molecule has 0 aliphatic carbocycles. The molecule has 2 aliphatic rings. The summed E-state index contributed by atoms with van der Waals surface area (Å²) in [5.74, 6) is 1.40. The van der Waals surface area contributed by atoms with Gasteiger partial charge in [0.15, 0.2) is 0 Å². The molecule has 0 spiro atoms. The Morgan fingerprint density at radius 2 is 2.31 bits per heavy atom. The monoisotopic (exact) mass is 199 g/mol. The Hall–Kier alpha value is 0.310. The minimum atomic E-state index is 0.481. The molecule has 0 amide bonds. The van der Waals surface area contributed by atoms with Gasteiger partial charge in [0, 0.05) is 10.8 Å². The van der Waals surface area contributed by atoms with Crippen LogP contribution >= 0.6 is 11.8 Å². The van der Waals surface area contributed by atoms with Crippen molar-refractivity contribution in [3.05, 3.63) is 0 Å². The van der Waals surface area contributed by atoms with Crippen LogP contribution in [0.1, 0.15) is 45.4 Å². The zero-order chi connectivity index (χ0) is 9.15. The molecule has 2 heterocycles. The van der Waals surface area contributed by atoms with Crippen molar-refractivity contribution in [3.8, 4) is 0 Å². The molecular weight excluding hydrogens is 178 g/mol. The second kappa shape index (κ2) is 4.22. The van der Waals surface area contributed by atoms with Gasteiger partial charge in [0.2, 0.25) is 0 Å². The van der Waals surface area contributed by atoms with E-state index in [0.29, 0.717) is 5.54 Å². The molecule has 0 bridgehead atoms. The second-order valence-electron chi connectivity index (χ2n) is 4.78. The van der Waals surface area contributed by atoms with Gasteiger partial charge in [-0.2, -0.15) is 11.8 Å². The fourth-order valence-corrected chi connectivity index (χ4v) is 4.13. The third-order valence-electron chi connectivity index (χ3n) is 3.41. The lowest BCUT2D eigenvalue weighted by Crippen LogP contribution is -2.39. The molecule has 2 unspecified atom stereocenters. The van der Waals surface area contributed by atoms with Crippen LogP contribution in [0.15, 0.2) is 0 Å². The second-order valence-corrected chi connectivity index (χ2v) is 6.19. The predicted molar refractivity (Wildman–Crippen MR) is 60.4 cm³/mol. The minimum Gasteiger partial charge on any atom is -0.311 e. The van der Waals surface area contributed by atoms with Crippen LogP contribution in [0.25, 0.3) is 0 Å². The summed E-state index contributed by atoms with van der Waals surface area (Å²) in [6, 6.07) is 0. The maximum absolute atomic E-state index is 3.67. The van der Waals surface area contributed by atoms with E-state index in [1.807, 2.05) is 0 Å². The largest absolute Gasteiger partial charge is 0.311 e. The van der Waals surface area contributed by atoms with Gasteiger partial charge in [-0.15, -0.1) is 0 Å². The van der Waals surface area contributed by atoms with Gasteiger partial charge in [0.1, 0.15) is 0 Å². The molecule has 76 valence electrons. The molecular formula is C11H21NS. The van der Waals surface area contributed by atoms with E-state index in [0.717, 1.165) is 5.25 Å². The molecule has 0 aromatic carbocycles. The number of nitrogens with one attached hydrogen (secondary N) is 1. The van der Waals surface area contributed by atoms with Crippen LogP contribution in [-0.2, 0) is 0 Å². The van der Waals surface area contributed by atoms with Crippen molar-refractivity contribution in [1.82, 2.24) is 5.32 Å². The van der Waals surface area contributed by atoms with Crippen LogP contribution in [0.2, 0.25) is 0 Å². The molecule has 2 rings (SSSR count). The van der Waals surface area contributed by atoms with Crippen LogP contribution in [0.5, 0.6) is 0 Å². The van der Waals surface area contributed by atoms with E-state index < -0.39 is 0 Å². The Morgan fingerprint density at radius 1 is 1.38 bits per heavy atom. The summed E-state index contributed by atoms with van der Waals surface area (Å²) in [5, 5.41) is 4.62. The SMILES string of the molecule is CC1(CC2CCCCS2)CCCN1. The van der Waals surface area contributed by atoms with Crippen molar-refractivity contribution in [2.24, 2.45) is 0 Å². The van der Waals surface area contributed by atoms with E-state index in [2.05, 4.69) is 24.0 Å². The van der Waals surface area contributed by atoms with Gasteiger partial charge >= 0.3 is 0 Å². The van der Waals surface area contributed by atoms with Crippen LogP contribution in [0.4, 0.5) is 0 Å². The molecule has 0 radical (unpaired) electrons. The van der Waals surface area contributed by atoms with Gasteiger partial charge in [-0.05, 0) is 51.3 Å². The Labute approximate surface area is 86.0 Å². The summed E-state index contributed by atoms with van der Waals surface area (Å²) < 4.78 is 0. The van der Waals surface area contributed by atoms with E-state index in [9.17, 15) is 0 Å². The zero-order valence-electron chi connectivity index (χ0n) is 8.64. The topological polar surface area (TPSA) is 12.0 Å². The van der Waals surface area contributed by atoms with Crippen molar-refractivity contribution in [3.63, 3.8) is 0 Å². The highest BCUT2D eigenvalue weighted by molar-refractivity contribution is 7.99. The van der Waals surface area contributed by atoms with Gasteiger partial charge in [0.25, 0.3) is 0 Å². The van der Waals surface area contributed by atoms with Gasteiger partial charge in [-0.3, -0.25) is 0 Å². The fraction of sp³-hybridized carbons (Fsp3) is 1.00. The first-order valence-electron chi connectivity index (χ1n) is 5.65. The lowest BCUT2D eigenvalue weighted by molar-refractivity contribution is 0.370. The maximum atomic E-state index is 3.67. The molecule has 0 aromatic rings. The first-order chi connectivity index (χ1) is 6.29. The molecule has 0 aromatic heterocycles. The summed E-state index contributed by atoms with van der Waals surface area (Å²) >= 11 is 2.21. The van der Waals surface area contributed by atoms with Gasteiger partial charge < -0.3 is 5.32 Å². The van der Waals surface area contributed by atoms with E-state index in [1.165, 1.54) is 50.8 Å². The summed E-state index contributed by atoms with van der Waals surface area (Å²) in [6.45, 7) is 3.66. The quantitative estimate of drug-likeness (QED) is 0.734. The third-order valence-corrected chi connectivity index (χ3v) is 4.81. The van der Waals surface area contributed by atoms with Crippen molar-refractivity contribution in [2.45, 2.75) is 56.2 Å². The van der Waals surface area contributed by atoms with Gasteiger partial charge in [-0.25, -0.2) is 0 Å². The Kier molecular flexibility index (Phi) is 3.20. The van der Waals surface area contributed by atoms with Gasteiger partial charge in [0.05, 0.1) is 0 Å². The molecule has 2 heteroatoms. The fourth-order valence-electron chi connectivity index (χ4n) is 2.60. The molecule has 2 atom stereocenters. The van der Waals surface area contributed by atoms with Crippen molar-refractivity contribution in [2.75, 3.05) is 12.3 Å². The Morgan fingerprint density at radius 3 is 2.92 bits per heavy atom. The Balaban J connectivity index is 1.81. The summed E-state index contributed by atoms with van der Waals surface area (Å²) in [4.78, 5) is 0. The van der Waals surface area contributed by atoms with Gasteiger partial charge in [-0.1, -0.05) is 6.42 Å². The number of rotatable bonds is 2. The van der Waals surface area contributed by atoms with Crippen molar-refractivity contribution < 1.29 is 0 Å². The van der Waals surface area contributed by atoms with E-state index in [4.69, 9.17) is 0 Å². The highest BCUT2D eigenvalue weighted by atomic mass is 32.2. The molecule has 2 aliphatic heterocycles. The minimum absolute atomic E-state index is 0.481. The summed E-state index contributed by atoms with van der Waals surface area (Å²) in [7, 11) is 0. The smallest absolute Gasteiger partial charge is 0.0164 e. The van der Waals surface area contributed by atoms with E-state index >= 15 is 0 Å². The number of hydrogen-bond acceptors (Lipinski definition) is 2. The zero-order valence-corrected chi connectivity index (χ0v) is 9.46. The lowest BCUT2D eigenvalue weighted by Gasteiger charge is -2.31. The highest BCUT2D eigenvalue weighted by Gasteiger charge is 2.31. The normalized spacial score (nSPS) is 40.8. The molecule has 13 heavy (non-hydrogen) atoms. The maximum Gasteiger partial charge on any atom is 0.0164 e. The third kappa shape index (κ3) is 2.63. The lowest BCUT2D eigenvalue weighted by atomic mass is 9.92. The Bertz CT molecular complexity index is 157. The average molecular weight is 199 g/mol. The first-order valence-corrected chi connectivity index (χ1v) is 6.70. The van der Waals surface area contributed by atoms with E-state index in [-0.39, 0.29) is 0 Å². The van der Waals surface area contributed by atoms with Crippen LogP contribution in [-0.4, -0.2) is 23.1 Å². The molecule has 1 N–H and O–H groups in total. The highest BCUT2D eigenvalue weighted by Crippen LogP contribution is 2.34. The van der Waals surface area contributed by atoms with Crippen LogP contribution in [0, 0.1) is 0 Å². The standard InChI is InChI=1S/C11H21NS/c1-11(6-4-7-12-11)9-10-5-2-3-8-13-10/h10,12H,2-9H2,1H3. The number of hydrogen-bond donors (Lipinski definition) is 1. The number of thioether (sulfide) groups is 1. The molecule has 2 saturated heterocycles. The molecule has 2 fully saturated rings. The summed E-state index contributed by atoms with van der Waals surface area (Å²) in [5.41, 5.74) is 0.481. The predicted octanol–water partition coefficient (Wildman–Crippen LogP) is 2.80. The van der Waals surface area contributed by atoms with Crippen LogP contribution in [0.3, 0.4) is 0 Å². The van der Waals surface area contributed by atoms with Crippen LogP contribution < -0.4 is 5.32 Å². The van der Waals surface area contributed by atoms with Crippen molar-refractivity contribution >= 4 is 11.8 Å². The first kappa shape index (κ1) is 9.85. The van der Waals surface area contributed by atoms with E-state index in [1.54, 1.807) is 0 Å².